The number of aryl methyl sites for hydroxylation is 1. The molecule has 2 aliphatic rings. The molecule has 2 amide bonds. The number of anilines is 1. The Hall–Kier alpha value is -2.76. The van der Waals surface area contributed by atoms with Gasteiger partial charge < -0.3 is 19.9 Å². The van der Waals surface area contributed by atoms with Crippen molar-refractivity contribution in [1.82, 2.24) is 15.2 Å². The molecule has 1 fully saturated rings. The molecule has 0 saturated carbocycles. The molecule has 1 N–H and O–H groups in total. The van der Waals surface area contributed by atoms with Crippen molar-refractivity contribution in [2.45, 2.75) is 26.0 Å². The van der Waals surface area contributed by atoms with E-state index >= 15 is 0 Å². The van der Waals surface area contributed by atoms with Crippen molar-refractivity contribution in [1.29, 1.82) is 0 Å². The zero-order valence-electron chi connectivity index (χ0n) is 15.2. The van der Waals surface area contributed by atoms with Gasteiger partial charge in [-0.3, -0.25) is 0 Å². The predicted molar refractivity (Wildman–Crippen MR) is 101 cm³/mol. The number of rotatable bonds is 2. The van der Waals surface area contributed by atoms with Gasteiger partial charge in [-0.1, -0.05) is 18.2 Å². The van der Waals surface area contributed by atoms with E-state index in [1.807, 2.05) is 48.4 Å². The summed E-state index contributed by atoms with van der Waals surface area (Å²) in [6.45, 7) is 7.01. The molecule has 0 spiro atoms. The Kier molecular flexibility index (Phi) is 4.41. The van der Waals surface area contributed by atoms with E-state index in [0.29, 0.717) is 13.1 Å². The highest BCUT2D eigenvalue weighted by atomic mass is 16.5. The smallest absolute Gasteiger partial charge is 0.318 e. The van der Waals surface area contributed by atoms with Crippen molar-refractivity contribution in [3.63, 3.8) is 0 Å². The van der Waals surface area contributed by atoms with Gasteiger partial charge in [-0.25, -0.2) is 9.78 Å². The molecular formula is C20H24N4O2. The number of para-hydroxylation sites is 1. The molecule has 2 aliphatic heterocycles. The van der Waals surface area contributed by atoms with Gasteiger partial charge in [0.25, 0.3) is 0 Å². The third-order valence-corrected chi connectivity index (χ3v) is 5.11. The van der Waals surface area contributed by atoms with Crippen molar-refractivity contribution >= 4 is 11.8 Å². The van der Waals surface area contributed by atoms with Gasteiger partial charge in [-0.05, 0) is 37.6 Å². The second-order valence-electron chi connectivity index (χ2n) is 6.95. The average Bonchev–Trinajstić information content (AvgIpc) is 2.97. The van der Waals surface area contributed by atoms with Crippen LogP contribution >= 0.6 is 0 Å². The number of benzene rings is 1. The Labute approximate surface area is 153 Å². The van der Waals surface area contributed by atoms with Crippen molar-refractivity contribution in [2.75, 3.05) is 31.1 Å². The number of nitrogens with one attached hydrogen (secondary N) is 1. The number of ether oxygens (including phenoxy) is 1. The standard InChI is InChI=1S/C20H24N4O2/c1-14-7-8-21-18(13-14)23-9-11-24(12-10-23)20(25)22-19-15(2)26-17-6-4-3-5-16(17)19/h3-8,13,15,19H,9-12H2,1-2H3,(H,22,25). The molecule has 2 aromatic rings. The predicted octanol–water partition coefficient (Wildman–Crippen LogP) is 2.74. The molecule has 1 aromatic carbocycles. The monoisotopic (exact) mass is 352 g/mol. The molecular weight excluding hydrogens is 328 g/mol. The summed E-state index contributed by atoms with van der Waals surface area (Å²) >= 11 is 0. The van der Waals surface area contributed by atoms with Gasteiger partial charge in [0.15, 0.2) is 0 Å². The summed E-state index contributed by atoms with van der Waals surface area (Å²) in [6, 6.07) is 11.9. The lowest BCUT2D eigenvalue weighted by Crippen LogP contribution is -2.53. The van der Waals surface area contributed by atoms with Crippen LogP contribution < -0.4 is 15.0 Å². The van der Waals surface area contributed by atoms with Gasteiger partial charge in [0, 0.05) is 37.9 Å². The minimum atomic E-state index is -0.102. The number of urea groups is 1. The van der Waals surface area contributed by atoms with E-state index in [1.54, 1.807) is 0 Å². The topological polar surface area (TPSA) is 57.7 Å². The molecule has 0 aliphatic carbocycles. The van der Waals surface area contributed by atoms with Crippen molar-refractivity contribution in [3.8, 4) is 5.75 Å². The van der Waals surface area contributed by atoms with Crippen molar-refractivity contribution < 1.29 is 9.53 Å². The van der Waals surface area contributed by atoms with E-state index in [2.05, 4.69) is 28.2 Å². The lowest BCUT2D eigenvalue weighted by Gasteiger charge is -2.36. The Morgan fingerprint density at radius 2 is 1.96 bits per heavy atom. The van der Waals surface area contributed by atoms with Crippen molar-refractivity contribution in [2.24, 2.45) is 0 Å². The lowest BCUT2D eigenvalue weighted by molar-refractivity contribution is 0.172. The van der Waals surface area contributed by atoms with E-state index in [-0.39, 0.29) is 18.2 Å². The first kappa shape index (κ1) is 16.7. The van der Waals surface area contributed by atoms with E-state index in [0.717, 1.165) is 30.2 Å². The normalized spacial score (nSPS) is 21.9. The molecule has 0 bridgehead atoms. The minimum absolute atomic E-state index is 0.0287. The third kappa shape index (κ3) is 3.19. The second kappa shape index (κ2) is 6.86. The molecule has 2 unspecified atom stereocenters. The molecule has 136 valence electrons. The fourth-order valence-electron chi connectivity index (χ4n) is 3.62. The van der Waals surface area contributed by atoms with Crippen LogP contribution in [0, 0.1) is 6.92 Å². The number of fused-ring (bicyclic) bond motifs is 1. The molecule has 4 rings (SSSR count). The highest BCUT2D eigenvalue weighted by molar-refractivity contribution is 5.75. The van der Waals surface area contributed by atoms with Crippen LogP contribution in [0.5, 0.6) is 5.75 Å². The SMILES string of the molecule is Cc1ccnc(N2CCN(C(=O)NC3c4ccccc4OC3C)CC2)c1. The number of nitrogens with zero attached hydrogens (tertiary/aromatic N) is 3. The average molecular weight is 352 g/mol. The van der Waals surface area contributed by atoms with Crippen LogP contribution in [0.1, 0.15) is 24.1 Å². The molecule has 26 heavy (non-hydrogen) atoms. The van der Waals surface area contributed by atoms with Crippen molar-refractivity contribution in [3.05, 3.63) is 53.7 Å². The first-order valence-electron chi connectivity index (χ1n) is 9.10. The number of carbonyl (C=O) groups is 1. The highest BCUT2D eigenvalue weighted by Gasteiger charge is 2.33. The molecule has 1 saturated heterocycles. The summed E-state index contributed by atoms with van der Waals surface area (Å²) in [4.78, 5) is 21.3. The number of piperazine rings is 1. The van der Waals surface area contributed by atoms with Gasteiger partial charge in [-0.15, -0.1) is 0 Å². The van der Waals surface area contributed by atoms with E-state index in [9.17, 15) is 4.79 Å². The van der Waals surface area contributed by atoms with Crippen LogP contribution in [0.4, 0.5) is 10.6 Å². The van der Waals surface area contributed by atoms with Gasteiger partial charge in [0.05, 0.1) is 6.04 Å². The molecule has 6 heteroatoms. The third-order valence-electron chi connectivity index (χ3n) is 5.11. The zero-order valence-corrected chi connectivity index (χ0v) is 15.2. The lowest BCUT2D eigenvalue weighted by atomic mass is 10.0. The molecule has 6 nitrogen and oxygen atoms in total. The number of amides is 2. The van der Waals surface area contributed by atoms with E-state index in [4.69, 9.17) is 4.74 Å². The second-order valence-corrected chi connectivity index (χ2v) is 6.95. The summed E-state index contributed by atoms with van der Waals surface area (Å²) in [5.41, 5.74) is 2.25. The quantitative estimate of drug-likeness (QED) is 0.903. The van der Waals surface area contributed by atoms with Crippen LogP contribution in [-0.4, -0.2) is 48.2 Å². The number of carbonyl (C=O) groups excluding carboxylic acids is 1. The van der Waals surface area contributed by atoms with Gasteiger partial charge in [-0.2, -0.15) is 0 Å². The fraction of sp³-hybridized carbons (Fsp3) is 0.400. The first-order valence-corrected chi connectivity index (χ1v) is 9.10. The Balaban J connectivity index is 1.37. The first-order chi connectivity index (χ1) is 12.6. The van der Waals surface area contributed by atoms with Crippen LogP contribution in [0.15, 0.2) is 42.6 Å². The Morgan fingerprint density at radius 1 is 1.19 bits per heavy atom. The summed E-state index contributed by atoms with van der Waals surface area (Å²) in [7, 11) is 0. The van der Waals surface area contributed by atoms with Crippen LogP contribution in [0.2, 0.25) is 0 Å². The molecule has 2 atom stereocenters. The largest absolute Gasteiger partial charge is 0.488 e. The Morgan fingerprint density at radius 3 is 2.73 bits per heavy atom. The number of aromatic nitrogens is 1. The summed E-state index contributed by atoms with van der Waals surface area (Å²) in [5, 5.41) is 3.15. The minimum Gasteiger partial charge on any atom is -0.488 e. The van der Waals surface area contributed by atoms with Gasteiger partial charge in [0.1, 0.15) is 17.7 Å². The maximum atomic E-state index is 12.7. The molecule has 3 heterocycles. The summed E-state index contributed by atoms with van der Waals surface area (Å²) < 4.78 is 5.84. The van der Waals surface area contributed by atoms with Crippen LogP contribution in [0.3, 0.4) is 0 Å². The fourth-order valence-corrected chi connectivity index (χ4v) is 3.62. The van der Waals surface area contributed by atoms with Crippen LogP contribution in [-0.2, 0) is 0 Å². The summed E-state index contributed by atoms with van der Waals surface area (Å²) in [6.07, 6.45) is 1.78. The maximum Gasteiger partial charge on any atom is 0.318 e. The number of pyridine rings is 1. The highest BCUT2D eigenvalue weighted by Crippen LogP contribution is 2.36. The molecule has 0 radical (unpaired) electrons. The van der Waals surface area contributed by atoms with Gasteiger partial charge >= 0.3 is 6.03 Å². The van der Waals surface area contributed by atoms with E-state index < -0.39 is 0 Å². The number of hydrogen-bond donors (Lipinski definition) is 1. The van der Waals surface area contributed by atoms with Gasteiger partial charge in [0.2, 0.25) is 0 Å². The van der Waals surface area contributed by atoms with E-state index in [1.165, 1.54) is 5.56 Å². The zero-order chi connectivity index (χ0) is 18.1. The summed E-state index contributed by atoms with van der Waals surface area (Å²) in [5.74, 6) is 1.84. The van der Waals surface area contributed by atoms with Crippen LogP contribution in [0.25, 0.3) is 0 Å². The maximum absolute atomic E-state index is 12.7. The molecule has 1 aromatic heterocycles. The Bertz CT molecular complexity index is 802. The number of hydrogen-bond acceptors (Lipinski definition) is 4.